The molecule has 5 heteroatoms. The summed E-state index contributed by atoms with van der Waals surface area (Å²) in [7, 11) is 0. The Morgan fingerprint density at radius 2 is 2.42 bits per heavy atom. The van der Waals surface area contributed by atoms with Crippen molar-refractivity contribution < 1.29 is 4.79 Å². The molecule has 0 atom stereocenters. The van der Waals surface area contributed by atoms with E-state index in [9.17, 15) is 4.79 Å². The summed E-state index contributed by atoms with van der Waals surface area (Å²) < 4.78 is 1.85. The molecule has 2 aromatic heterocycles. The average Bonchev–Trinajstić information content (AvgIpc) is 3.04. The van der Waals surface area contributed by atoms with Crippen LogP contribution in [0.25, 0.3) is 5.78 Å². The fourth-order valence-electron chi connectivity index (χ4n) is 2.32. The van der Waals surface area contributed by atoms with Crippen LogP contribution in [-0.4, -0.2) is 20.3 Å². The summed E-state index contributed by atoms with van der Waals surface area (Å²) >= 11 is 0. The first-order valence-electron chi connectivity index (χ1n) is 6.54. The first-order chi connectivity index (χ1) is 9.31. The Kier molecular flexibility index (Phi) is 3.27. The van der Waals surface area contributed by atoms with Crippen molar-refractivity contribution in [1.82, 2.24) is 19.7 Å². The number of hydrogen-bond donors (Lipinski definition) is 1. The number of rotatable bonds is 4. The van der Waals surface area contributed by atoms with E-state index in [4.69, 9.17) is 0 Å². The molecule has 0 aliphatic heterocycles. The highest BCUT2D eigenvalue weighted by atomic mass is 16.1. The Bertz CT molecular complexity index is 596. The van der Waals surface area contributed by atoms with E-state index in [0.717, 1.165) is 18.5 Å². The molecule has 0 saturated heterocycles. The van der Waals surface area contributed by atoms with E-state index in [1.165, 1.54) is 12.0 Å². The summed E-state index contributed by atoms with van der Waals surface area (Å²) in [5.41, 5.74) is 2.08. The number of fused-ring (bicyclic) bond motifs is 1. The molecule has 5 nitrogen and oxygen atoms in total. The Hall–Kier alpha value is -2.17. The maximum atomic E-state index is 11.8. The van der Waals surface area contributed by atoms with Crippen molar-refractivity contribution in [2.24, 2.45) is 0 Å². The number of imidazole rings is 1. The standard InChI is InChI=1S/C14H16N4O/c19-13(8-11-4-1-2-5-11)16-9-12-10-18-7-3-6-15-14(18)17-12/h3-4,6-7,10H,1-2,5,8-9H2,(H,16,19). The van der Waals surface area contributed by atoms with Crippen LogP contribution in [0, 0.1) is 0 Å². The Balaban J connectivity index is 1.57. The van der Waals surface area contributed by atoms with Crippen molar-refractivity contribution in [3.63, 3.8) is 0 Å². The third-order valence-electron chi connectivity index (χ3n) is 3.27. The minimum Gasteiger partial charge on any atom is -0.350 e. The summed E-state index contributed by atoms with van der Waals surface area (Å²) in [6, 6.07) is 1.85. The quantitative estimate of drug-likeness (QED) is 0.849. The highest BCUT2D eigenvalue weighted by molar-refractivity contribution is 5.78. The number of aromatic nitrogens is 3. The van der Waals surface area contributed by atoms with Gasteiger partial charge in [0.05, 0.1) is 12.2 Å². The van der Waals surface area contributed by atoms with Gasteiger partial charge in [-0.1, -0.05) is 11.6 Å². The molecule has 1 amide bonds. The highest BCUT2D eigenvalue weighted by Crippen LogP contribution is 2.20. The largest absolute Gasteiger partial charge is 0.350 e. The molecule has 0 aromatic carbocycles. The van der Waals surface area contributed by atoms with Crippen LogP contribution in [-0.2, 0) is 11.3 Å². The monoisotopic (exact) mass is 256 g/mol. The van der Waals surface area contributed by atoms with Crippen molar-refractivity contribution in [2.45, 2.75) is 32.2 Å². The zero-order valence-corrected chi connectivity index (χ0v) is 10.7. The van der Waals surface area contributed by atoms with Crippen LogP contribution in [0.4, 0.5) is 0 Å². The number of allylic oxidation sites excluding steroid dienone is 1. The highest BCUT2D eigenvalue weighted by Gasteiger charge is 2.10. The Morgan fingerprint density at radius 1 is 1.47 bits per heavy atom. The molecule has 2 aromatic rings. The minimum atomic E-state index is 0.0677. The van der Waals surface area contributed by atoms with Gasteiger partial charge in [-0.05, 0) is 25.3 Å². The number of nitrogens with zero attached hydrogens (tertiary/aromatic N) is 3. The van der Waals surface area contributed by atoms with Gasteiger partial charge < -0.3 is 5.32 Å². The predicted octanol–water partition coefficient (Wildman–Crippen LogP) is 1.85. The molecule has 1 aliphatic rings. The summed E-state index contributed by atoms with van der Waals surface area (Å²) in [4.78, 5) is 20.3. The first kappa shape index (κ1) is 11.9. The van der Waals surface area contributed by atoms with E-state index in [0.29, 0.717) is 18.7 Å². The second-order valence-corrected chi connectivity index (χ2v) is 4.77. The molecule has 1 aliphatic carbocycles. The fourth-order valence-corrected chi connectivity index (χ4v) is 2.32. The van der Waals surface area contributed by atoms with Crippen LogP contribution in [0.5, 0.6) is 0 Å². The second kappa shape index (κ2) is 5.22. The Morgan fingerprint density at radius 3 is 3.21 bits per heavy atom. The molecular weight excluding hydrogens is 240 g/mol. The van der Waals surface area contributed by atoms with Crippen LogP contribution in [0.3, 0.4) is 0 Å². The minimum absolute atomic E-state index is 0.0677. The molecule has 0 unspecified atom stereocenters. The lowest BCUT2D eigenvalue weighted by atomic mass is 10.1. The molecule has 0 bridgehead atoms. The summed E-state index contributed by atoms with van der Waals surface area (Å²) in [5, 5.41) is 2.90. The third-order valence-corrected chi connectivity index (χ3v) is 3.27. The van der Waals surface area contributed by atoms with Gasteiger partial charge in [0.2, 0.25) is 11.7 Å². The zero-order valence-electron chi connectivity index (χ0n) is 10.7. The molecule has 1 N–H and O–H groups in total. The van der Waals surface area contributed by atoms with Crippen LogP contribution in [0.15, 0.2) is 36.3 Å². The number of carbonyl (C=O) groups excluding carboxylic acids is 1. The van der Waals surface area contributed by atoms with E-state index in [-0.39, 0.29) is 5.91 Å². The smallest absolute Gasteiger partial charge is 0.233 e. The van der Waals surface area contributed by atoms with Crippen molar-refractivity contribution in [1.29, 1.82) is 0 Å². The van der Waals surface area contributed by atoms with Gasteiger partial charge in [0.25, 0.3) is 0 Å². The van der Waals surface area contributed by atoms with E-state index >= 15 is 0 Å². The van der Waals surface area contributed by atoms with Crippen LogP contribution in [0.2, 0.25) is 0 Å². The summed E-state index contributed by atoms with van der Waals surface area (Å²) in [5.74, 6) is 0.725. The maximum absolute atomic E-state index is 11.8. The third kappa shape index (κ3) is 2.81. The number of nitrogens with one attached hydrogen (secondary N) is 1. The van der Waals surface area contributed by atoms with E-state index in [1.807, 2.05) is 22.9 Å². The van der Waals surface area contributed by atoms with Crippen molar-refractivity contribution >= 4 is 11.7 Å². The second-order valence-electron chi connectivity index (χ2n) is 4.77. The van der Waals surface area contributed by atoms with E-state index in [1.54, 1.807) is 6.20 Å². The van der Waals surface area contributed by atoms with Gasteiger partial charge in [0, 0.05) is 25.0 Å². The molecule has 98 valence electrons. The maximum Gasteiger partial charge on any atom is 0.233 e. The van der Waals surface area contributed by atoms with E-state index in [2.05, 4.69) is 21.4 Å². The normalized spacial score (nSPS) is 14.6. The van der Waals surface area contributed by atoms with Gasteiger partial charge in [-0.3, -0.25) is 9.20 Å². The van der Waals surface area contributed by atoms with Gasteiger partial charge in [-0.25, -0.2) is 9.97 Å². The van der Waals surface area contributed by atoms with Gasteiger partial charge in [0.1, 0.15) is 0 Å². The van der Waals surface area contributed by atoms with Crippen molar-refractivity contribution in [2.75, 3.05) is 0 Å². The molecule has 0 saturated carbocycles. The van der Waals surface area contributed by atoms with Gasteiger partial charge in [0.15, 0.2) is 0 Å². The van der Waals surface area contributed by atoms with Gasteiger partial charge in [-0.2, -0.15) is 0 Å². The topological polar surface area (TPSA) is 59.3 Å². The van der Waals surface area contributed by atoms with Crippen LogP contribution < -0.4 is 5.32 Å². The summed E-state index contributed by atoms with van der Waals surface area (Å²) in [6.07, 6.45) is 11.5. The van der Waals surface area contributed by atoms with E-state index < -0.39 is 0 Å². The fraction of sp³-hybridized carbons (Fsp3) is 0.357. The number of carbonyl (C=O) groups is 1. The molecule has 3 rings (SSSR count). The molecule has 19 heavy (non-hydrogen) atoms. The first-order valence-corrected chi connectivity index (χ1v) is 6.54. The van der Waals surface area contributed by atoms with Crippen molar-refractivity contribution in [3.8, 4) is 0 Å². The number of hydrogen-bond acceptors (Lipinski definition) is 3. The SMILES string of the molecule is O=C(CC1=CCCC1)NCc1cn2cccnc2n1. The molecule has 0 spiro atoms. The molecule has 0 fully saturated rings. The zero-order chi connectivity index (χ0) is 13.1. The lowest BCUT2D eigenvalue weighted by Gasteiger charge is -2.03. The molecule has 0 radical (unpaired) electrons. The van der Waals surface area contributed by atoms with Gasteiger partial charge >= 0.3 is 0 Å². The predicted molar refractivity (Wildman–Crippen MR) is 71.4 cm³/mol. The van der Waals surface area contributed by atoms with Crippen molar-refractivity contribution in [3.05, 3.63) is 42.0 Å². The lowest BCUT2D eigenvalue weighted by molar-refractivity contribution is -0.120. The average molecular weight is 256 g/mol. The number of amides is 1. The Labute approximate surface area is 111 Å². The van der Waals surface area contributed by atoms with Crippen LogP contribution in [0.1, 0.15) is 31.4 Å². The van der Waals surface area contributed by atoms with Gasteiger partial charge in [-0.15, -0.1) is 0 Å². The lowest BCUT2D eigenvalue weighted by Crippen LogP contribution is -2.22. The van der Waals surface area contributed by atoms with Crippen LogP contribution >= 0.6 is 0 Å². The summed E-state index contributed by atoms with van der Waals surface area (Å²) in [6.45, 7) is 0.454. The molecule has 2 heterocycles. The molecular formula is C14H16N4O.